The monoisotopic (exact) mass is 478 g/mol. The van der Waals surface area contributed by atoms with Crippen LogP contribution >= 0.6 is 11.8 Å². The Hall–Kier alpha value is -3.72. The van der Waals surface area contributed by atoms with Crippen molar-refractivity contribution in [3.63, 3.8) is 0 Å². The highest BCUT2D eigenvalue weighted by atomic mass is 32.2. The molecule has 0 aliphatic carbocycles. The second-order valence-electron chi connectivity index (χ2n) is 7.71. The highest BCUT2D eigenvalue weighted by Crippen LogP contribution is 2.27. The van der Waals surface area contributed by atoms with Crippen molar-refractivity contribution in [2.24, 2.45) is 0 Å². The van der Waals surface area contributed by atoms with Crippen LogP contribution in [0, 0.1) is 19.7 Å². The largest absolute Gasteiger partial charge is 0.465 e. The maximum absolute atomic E-state index is 13.4. The lowest BCUT2D eigenvalue weighted by molar-refractivity contribution is 0.0599. The van der Waals surface area contributed by atoms with Crippen molar-refractivity contribution >= 4 is 23.5 Å². The summed E-state index contributed by atoms with van der Waals surface area (Å²) in [4.78, 5) is 28.1. The van der Waals surface area contributed by atoms with Crippen molar-refractivity contribution in [1.29, 1.82) is 0 Å². The lowest BCUT2D eigenvalue weighted by atomic mass is 10.1. The van der Waals surface area contributed by atoms with Crippen molar-refractivity contribution in [2.45, 2.75) is 25.5 Å². The molecule has 0 unspecified atom stereocenters. The minimum atomic E-state index is -0.482. The van der Waals surface area contributed by atoms with Crippen molar-refractivity contribution in [2.75, 3.05) is 12.9 Å². The smallest absolute Gasteiger partial charge is 0.339 e. The Kier molecular flexibility index (Phi) is 6.93. The molecule has 0 aliphatic rings. The van der Waals surface area contributed by atoms with Gasteiger partial charge in [-0.1, -0.05) is 42.1 Å². The van der Waals surface area contributed by atoms with Crippen LogP contribution in [0.3, 0.4) is 0 Å². The van der Waals surface area contributed by atoms with Gasteiger partial charge in [0.25, 0.3) is 0 Å². The van der Waals surface area contributed by atoms with Crippen LogP contribution in [-0.2, 0) is 11.3 Å². The van der Waals surface area contributed by atoms with Crippen molar-refractivity contribution in [3.05, 3.63) is 88.5 Å². The summed E-state index contributed by atoms with van der Waals surface area (Å²) in [5.41, 5.74) is 3.66. The number of thioether (sulfide) groups is 1. The van der Waals surface area contributed by atoms with E-state index in [1.165, 1.54) is 31.0 Å². The first-order chi connectivity index (χ1) is 16.4. The molecule has 0 saturated carbocycles. The molecule has 0 radical (unpaired) electrons. The molecule has 34 heavy (non-hydrogen) atoms. The summed E-state index contributed by atoms with van der Waals surface area (Å²) >= 11 is 1.26. The number of H-pyrrole nitrogens is 1. The number of carbonyl (C=O) groups excluding carboxylic acids is 2. The summed E-state index contributed by atoms with van der Waals surface area (Å²) in [7, 11) is 1.31. The fraction of sp³-hybridized carbons (Fsp3) is 0.200. The number of benzene rings is 2. The third-order valence-electron chi connectivity index (χ3n) is 5.44. The molecule has 7 nitrogen and oxygen atoms in total. The molecule has 0 aliphatic heterocycles. The van der Waals surface area contributed by atoms with Crippen LogP contribution in [0.15, 0.2) is 59.8 Å². The Morgan fingerprint density at radius 3 is 2.44 bits per heavy atom. The van der Waals surface area contributed by atoms with Gasteiger partial charge in [0.05, 0.1) is 30.7 Å². The SMILES string of the molecule is COC(=O)c1c(C)[nH]c(C(=O)CSc2nnc(-c3ccc(F)cc3)n2Cc2ccccc2)c1C. The number of aromatic amines is 1. The van der Waals surface area contributed by atoms with Crippen LogP contribution in [0.25, 0.3) is 11.4 Å². The van der Waals surface area contributed by atoms with Crippen LogP contribution in [-0.4, -0.2) is 44.4 Å². The third-order valence-corrected chi connectivity index (χ3v) is 6.41. The van der Waals surface area contributed by atoms with Gasteiger partial charge in [0, 0.05) is 11.3 Å². The molecule has 4 rings (SSSR count). The number of ether oxygens (including phenoxy) is 1. The molecule has 2 aromatic heterocycles. The number of aromatic nitrogens is 4. The van der Waals surface area contributed by atoms with E-state index in [-0.39, 0.29) is 17.4 Å². The Labute approximate surface area is 200 Å². The first-order valence-electron chi connectivity index (χ1n) is 10.6. The Bertz CT molecular complexity index is 1330. The highest BCUT2D eigenvalue weighted by Gasteiger charge is 2.23. The number of methoxy groups -OCH3 is 1. The Morgan fingerprint density at radius 2 is 1.76 bits per heavy atom. The van der Waals surface area contributed by atoms with E-state index in [1.807, 2.05) is 34.9 Å². The molecule has 0 saturated heterocycles. The summed E-state index contributed by atoms with van der Waals surface area (Å²) in [5.74, 6) is -0.305. The second-order valence-corrected chi connectivity index (χ2v) is 8.66. The lowest BCUT2D eigenvalue weighted by Crippen LogP contribution is -2.09. The predicted molar refractivity (Wildman–Crippen MR) is 128 cm³/mol. The van der Waals surface area contributed by atoms with Gasteiger partial charge in [0.1, 0.15) is 5.82 Å². The molecule has 4 aromatic rings. The molecular formula is C25H23FN4O3S. The van der Waals surface area contributed by atoms with Crippen molar-refractivity contribution < 1.29 is 18.7 Å². The van der Waals surface area contributed by atoms with Gasteiger partial charge in [-0.15, -0.1) is 10.2 Å². The van der Waals surface area contributed by atoms with E-state index in [9.17, 15) is 14.0 Å². The van der Waals surface area contributed by atoms with Crippen molar-refractivity contribution in [1.82, 2.24) is 19.7 Å². The average Bonchev–Trinajstić information content (AvgIpc) is 3.37. The van der Waals surface area contributed by atoms with Gasteiger partial charge in [-0.05, 0) is 49.2 Å². The number of nitrogens with zero attached hydrogens (tertiary/aromatic N) is 3. The normalized spacial score (nSPS) is 10.9. The van der Waals surface area contributed by atoms with E-state index < -0.39 is 5.97 Å². The molecule has 0 atom stereocenters. The van der Waals surface area contributed by atoms with E-state index in [0.717, 1.165) is 11.1 Å². The maximum atomic E-state index is 13.4. The molecule has 2 aromatic carbocycles. The second kappa shape index (κ2) is 10.0. The minimum Gasteiger partial charge on any atom is -0.465 e. The molecule has 0 bridgehead atoms. The van der Waals surface area contributed by atoms with E-state index in [4.69, 9.17) is 4.74 Å². The number of esters is 1. The summed E-state index contributed by atoms with van der Waals surface area (Å²) in [6.07, 6.45) is 0. The molecule has 9 heteroatoms. The summed E-state index contributed by atoms with van der Waals surface area (Å²) < 4.78 is 20.2. The number of hydrogen-bond acceptors (Lipinski definition) is 6. The Balaban J connectivity index is 1.61. The van der Waals surface area contributed by atoms with Crippen LogP contribution in [0.4, 0.5) is 4.39 Å². The highest BCUT2D eigenvalue weighted by molar-refractivity contribution is 7.99. The molecule has 1 N–H and O–H groups in total. The zero-order valence-electron chi connectivity index (χ0n) is 19.0. The maximum Gasteiger partial charge on any atom is 0.339 e. The standard InChI is InChI=1S/C25H23FN4O3S/c1-15-21(24(32)33-3)16(2)27-22(15)20(31)14-34-25-29-28-23(18-9-11-19(26)12-10-18)30(25)13-17-7-5-4-6-8-17/h4-12,27H,13-14H2,1-3H3. The minimum absolute atomic E-state index is 0.0950. The molecule has 0 spiro atoms. The van der Waals surface area contributed by atoms with Gasteiger partial charge in [-0.2, -0.15) is 0 Å². The fourth-order valence-corrected chi connectivity index (χ4v) is 4.57. The molecule has 0 fully saturated rings. The zero-order chi connectivity index (χ0) is 24.2. The molecule has 2 heterocycles. The van der Waals surface area contributed by atoms with Gasteiger partial charge >= 0.3 is 5.97 Å². The summed E-state index contributed by atoms with van der Waals surface area (Å²) in [6, 6.07) is 15.9. The molecule has 174 valence electrons. The quantitative estimate of drug-likeness (QED) is 0.221. The van der Waals surface area contributed by atoms with Crippen LogP contribution in [0.5, 0.6) is 0 Å². The third kappa shape index (κ3) is 4.79. The van der Waals surface area contributed by atoms with Crippen LogP contribution in [0.1, 0.15) is 37.7 Å². The van der Waals surface area contributed by atoms with Gasteiger partial charge in [0.2, 0.25) is 0 Å². The number of carbonyl (C=O) groups is 2. The number of nitrogens with one attached hydrogen (secondary N) is 1. The molecule has 0 amide bonds. The van der Waals surface area contributed by atoms with E-state index >= 15 is 0 Å². The number of halogens is 1. The van der Waals surface area contributed by atoms with E-state index in [2.05, 4.69) is 15.2 Å². The predicted octanol–water partition coefficient (Wildman–Crippen LogP) is 4.84. The summed E-state index contributed by atoms with van der Waals surface area (Å²) in [6.45, 7) is 3.94. The fourth-order valence-electron chi connectivity index (χ4n) is 3.76. The topological polar surface area (TPSA) is 89.9 Å². The average molecular weight is 479 g/mol. The van der Waals surface area contributed by atoms with Gasteiger partial charge in [0.15, 0.2) is 16.8 Å². The van der Waals surface area contributed by atoms with Crippen LogP contribution in [0.2, 0.25) is 0 Å². The number of aryl methyl sites for hydroxylation is 1. The first kappa shape index (κ1) is 23.4. The first-order valence-corrected chi connectivity index (χ1v) is 11.5. The summed E-state index contributed by atoms with van der Waals surface area (Å²) in [5, 5.41) is 9.19. The lowest BCUT2D eigenvalue weighted by Gasteiger charge is -2.10. The van der Waals surface area contributed by atoms with Gasteiger partial charge in [-0.25, -0.2) is 9.18 Å². The van der Waals surface area contributed by atoms with E-state index in [1.54, 1.807) is 26.0 Å². The van der Waals surface area contributed by atoms with Gasteiger partial charge < -0.3 is 9.72 Å². The number of ketones is 1. The molecular weight excluding hydrogens is 455 g/mol. The zero-order valence-corrected chi connectivity index (χ0v) is 19.8. The number of rotatable bonds is 8. The number of hydrogen-bond donors (Lipinski definition) is 1. The number of Topliss-reactive ketones (excluding diaryl/α,β-unsaturated/α-hetero) is 1. The van der Waals surface area contributed by atoms with Crippen LogP contribution < -0.4 is 0 Å². The van der Waals surface area contributed by atoms with Crippen molar-refractivity contribution in [3.8, 4) is 11.4 Å². The van der Waals surface area contributed by atoms with Gasteiger partial charge in [-0.3, -0.25) is 9.36 Å². The van der Waals surface area contributed by atoms with E-state index in [0.29, 0.717) is 40.0 Å². The Morgan fingerprint density at radius 1 is 1.06 bits per heavy atom.